The molecular formula is C19H20BrNO4. The molecule has 0 aliphatic carbocycles. The molecule has 0 aliphatic heterocycles. The lowest BCUT2D eigenvalue weighted by Crippen LogP contribution is -2.30. The molecule has 25 heavy (non-hydrogen) atoms. The fourth-order valence-corrected chi connectivity index (χ4v) is 2.27. The lowest BCUT2D eigenvalue weighted by molar-refractivity contribution is -0.123. The molecule has 0 bridgehead atoms. The van der Waals surface area contributed by atoms with E-state index in [1.807, 2.05) is 26.0 Å². The van der Waals surface area contributed by atoms with Gasteiger partial charge >= 0.3 is 5.97 Å². The molecule has 1 amide bonds. The van der Waals surface area contributed by atoms with E-state index >= 15 is 0 Å². The van der Waals surface area contributed by atoms with E-state index in [9.17, 15) is 9.59 Å². The first-order chi connectivity index (χ1) is 11.8. The summed E-state index contributed by atoms with van der Waals surface area (Å²) in [6.45, 7) is 5.38. The van der Waals surface area contributed by atoms with Crippen LogP contribution in [0.25, 0.3) is 0 Å². The van der Waals surface area contributed by atoms with Gasteiger partial charge in [0.05, 0.1) is 11.7 Å². The molecule has 0 saturated carbocycles. The largest absolute Gasteiger partial charge is 0.491 e. The Balaban J connectivity index is 1.92. The third-order valence-electron chi connectivity index (χ3n) is 3.23. The maximum absolute atomic E-state index is 12.1. The Morgan fingerprint density at radius 3 is 2.12 bits per heavy atom. The highest BCUT2D eigenvalue weighted by Crippen LogP contribution is 2.16. The minimum atomic E-state index is -0.914. The van der Waals surface area contributed by atoms with Crippen molar-refractivity contribution in [2.45, 2.75) is 33.0 Å². The van der Waals surface area contributed by atoms with E-state index in [-0.39, 0.29) is 6.10 Å². The number of rotatable bonds is 6. The van der Waals surface area contributed by atoms with Crippen LogP contribution in [0.5, 0.6) is 5.75 Å². The molecule has 2 aromatic carbocycles. The van der Waals surface area contributed by atoms with Gasteiger partial charge in [-0.1, -0.05) is 15.9 Å². The fraction of sp³-hybridized carbons (Fsp3) is 0.263. The Kier molecular flexibility index (Phi) is 6.58. The van der Waals surface area contributed by atoms with E-state index in [2.05, 4.69) is 21.2 Å². The molecule has 5 nitrogen and oxygen atoms in total. The topological polar surface area (TPSA) is 64.6 Å². The SMILES string of the molecule is CC(C)Oc1ccc(C(=O)O[C@@H](C)C(=O)Nc2ccc(Br)cc2)cc1. The number of amides is 1. The van der Waals surface area contributed by atoms with E-state index in [0.717, 1.165) is 4.47 Å². The van der Waals surface area contributed by atoms with Crippen molar-refractivity contribution in [3.05, 3.63) is 58.6 Å². The maximum atomic E-state index is 12.1. The summed E-state index contributed by atoms with van der Waals surface area (Å²) in [6, 6.07) is 13.7. The molecule has 0 saturated heterocycles. The summed E-state index contributed by atoms with van der Waals surface area (Å²) >= 11 is 3.33. The quantitative estimate of drug-likeness (QED) is 0.722. The predicted octanol–water partition coefficient (Wildman–Crippen LogP) is 4.42. The van der Waals surface area contributed by atoms with Crippen molar-refractivity contribution >= 4 is 33.5 Å². The van der Waals surface area contributed by atoms with Crippen molar-refractivity contribution in [3.63, 3.8) is 0 Å². The zero-order valence-electron chi connectivity index (χ0n) is 14.3. The van der Waals surface area contributed by atoms with Gasteiger partial charge in [-0.25, -0.2) is 4.79 Å². The molecule has 2 aromatic rings. The molecule has 1 atom stereocenters. The number of nitrogens with one attached hydrogen (secondary N) is 1. The third-order valence-corrected chi connectivity index (χ3v) is 3.76. The number of halogens is 1. The van der Waals surface area contributed by atoms with Gasteiger partial charge in [0.1, 0.15) is 5.75 Å². The van der Waals surface area contributed by atoms with E-state index in [1.54, 1.807) is 36.4 Å². The van der Waals surface area contributed by atoms with Crippen LogP contribution < -0.4 is 10.1 Å². The van der Waals surface area contributed by atoms with Crippen LogP contribution in [-0.2, 0) is 9.53 Å². The molecule has 0 unspecified atom stereocenters. The second kappa shape index (κ2) is 8.67. The lowest BCUT2D eigenvalue weighted by Gasteiger charge is -2.14. The van der Waals surface area contributed by atoms with E-state index < -0.39 is 18.0 Å². The molecule has 1 N–H and O–H groups in total. The molecule has 0 spiro atoms. The Bertz CT molecular complexity index is 726. The Hall–Kier alpha value is -2.34. The summed E-state index contributed by atoms with van der Waals surface area (Å²) in [5.41, 5.74) is 0.991. The van der Waals surface area contributed by atoms with Crippen molar-refractivity contribution in [1.82, 2.24) is 0 Å². The Morgan fingerprint density at radius 2 is 1.56 bits per heavy atom. The molecule has 0 heterocycles. The predicted molar refractivity (Wildman–Crippen MR) is 99.9 cm³/mol. The minimum absolute atomic E-state index is 0.0557. The Morgan fingerprint density at radius 1 is 0.960 bits per heavy atom. The summed E-state index contributed by atoms with van der Waals surface area (Å²) < 4.78 is 11.6. The van der Waals surface area contributed by atoms with Gasteiger partial charge in [0.15, 0.2) is 6.10 Å². The van der Waals surface area contributed by atoms with E-state index in [0.29, 0.717) is 17.0 Å². The molecule has 0 aliphatic rings. The number of ether oxygens (including phenoxy) is 2. The zero-order valence-corrected chi connectivity index (χ0v) is 15.9. The standard InChI is InChI=1S/C19H20BrNO4/c1-12(2)24-17-10-4-14(5-11-17)19(23)25-13(3)18(22)21-16-8-6-15(20)7-9-16/h4-13H,1-3H3,(H,21,22)/t13-/m0/s1. The zero-order chi connectivity index (χ0) is 18.4. The molecule has 0 fully saturated rings. The van der Waals surface area contributed by atoms with Gasteiger partial charge in [-0.3, -0.25) is 4.79 Å². The monoisotopic (exact) mass is 405 g/mol. The molecule has 132 valence electrons. The fourth-order valence-electron chi connectivity index (χ4n) is 2.00. The highest BCUT2D eigenvalue weighted by molar-refractivity contribution is 9.10. The molecule has 0 aromatic heterocycles. The lowest BCUT2D eigenvalue weighted by atomic mass is 10.2. The summed E-state index contributed by atoms with van der Waals surface area (Å²) in [5.74, 6) is -0.280. The Labute approximate surface area is 155 Å². The van der Waals surface area contributed by atoms with Crippen LogP contribution in [0.1, 0.15) is 31.1 Å². The molecular weight excluding hydrogens is 386 g/mol. The van der Waals surface area contributed by atoms with Gasteiger partial charge < -0.3 is 14.8 Å². The highest BCUT2D eigenvalue weighted by Gasteiger charge is 2.19. The van der Waals surface area contributed by atoms with Crippen LogP contribution in [0.15, 0.2) is 53.0 Å². The van der Waals surface area contributed by atoms with Crippen molar-refractivity contribution < 1.29 is 19.1 Å². The number of carbonyl (C=O) groups excluding carboxylic acids is 2. The smallest absolute Gasteiger partial charge is 0.338 e. The number of esters is 1. The first-order valence-corrected chi connectivity index (χ1v) is 8.68. The number of anilines is 1. The number of hydrogen-bond donors (Lipinski definition) is 1. The van der Waals surface area contributed by atoms with Crippen LogP contribution in [-0.4, -0.2) is 24.1 Å². The average molecular weight is 406 g/mol. The van der Waals surface area contributed by atoms with Gasteiger partial charge in [-0.2, -0.15) is 0 Å². The third kappa shape index (κ3) is 5.90. The second-order valence-electron chi connectivity index (χ2n) is 5.73. The number of carbonyl (C=O) groups is 2. The highest BCUT2D eigenvalue weighted by atomic mass is 79.9. The van der Waals surface area contributed by atoms with E-state index in [1.165, 1.54) is 6.92 Å². The van der Waals surface area contributed by atoms with Gasteiger partial charge in [-0.05, 0) is 69.3 Å². The van der Waals surface area contributed by atoms with Gasteiger partial charge in [0, 0.05) is 10.2 Å². The van der Waals surface area contributed by atoms with Crippen molar-refractivity contribution in [1.29, 1.82) is 0 Å². The van der Waals surface area contributed by atoms with Crippen LogP contribution in [0, 0.1) is 0 Å². The number of benzene rings is 2. The van der Waals surface area contributed by atoms with Crippen LogP contribution in [0.4, 0.5) is 5.69 Å². The first-order valence-electron chi connectivity index (χ1n) is 7.89. The average Bonchev–Trinajstić information content (AvgIpc) is 2.57. The molecule has 6 heteroatoms. The van der Waals surface area contributed by atoms with E-state index in [4.69, 9.17) is 9.47 Å². The van der Waals surface area contributed by atoms with Crippen molar-refractivity contribution in [3.8, 4) is 5.75 Å². The maximum Gasteiger partial charge on any atom is 0.338 e. The van der Waals surface area contributed by atoms with Crippen molar-refractivity contribution in [2.24, 2.45) is 0 Å². The normalized spacial score (nSPS) is 11.7. The second-order valence-corrected chi connectivity index (χ2v) is 6.65. The number of hydrogen-bond acceptors (Lipinski definition) is 4. The van der Waals surface area contributed by atoms with Crippen molar-refractivity contribution in [2.75, 3.05) is 5.32 Å². The summed E-state index contributed by atoms with van der Waals surface area (Å²) in [5, 5.41) is 2.70. The van der Waals surface area contributed by atoms with Gasteiger partial charge in [-0.15, -0.1) is 0 Å². The van der Waals surface area contributed by atoms with Gasteiger partial charge in [0.2, 0.25) is 0 Å². The van der Waals surface area contributed by atoms with Crippen LogP contribution >= 0.6 is 15.9 Å². The molecule has 2 rings (SSSR count). The van der Waals surface area contributed by atoms with Crippen LogP contribution in [0.3, 0.4) is 0 Å². The molecule has 0 radical (unpaired) electrons. The summed E-state index contributed by atoms with van der Waals surface area (Å²) in [4.78, 5) is 24.3. The van der Waals surface area contributed by atoms with Crippen LogP contribution in [0.2, 0.25) is 0 Å². The first kappa shape index (κ1) is 19.0. The summed E-state index contributed by atoms with van der Waals surface area (Å²) in [7, 11) is 0. The summed E-state index contributed by atoms with van der Waals surface area (Å²) in [6.07, 6.45) is -0.858. The van der Waals surface area contributed by atoms with Gasteiger partial charge in [0.25, 0.3) is 5.91 Å². The minimum Gasteiger partial charge on any atom is -0.491 e.